The highest BCUT2D eigenvalue weighted by Gasteiger charge is 2.05. The smallest absolute Gasteiger partial charge is 0.292 e. The Morgan fingerprint density at radius 2 is 2.24 bits per heavy atom. The third-order valence-corrected chi connectivity index (χ3v) is 2.46. The maximum atomic E-state index is 13.4. The van der Waals surface area contributed by atoms with Crippen LogP contribution in [-0.2, 0) is 12.8 Å². The van der Waals surface area contributed by atoms with E-state index in [9.17, 15) is 4.39 Å². The molecule has 2 rings (SSSR count). The minimum atomic E-state index is -0.357. The molecule has 5 heteroatoms. The number of halogens is 1. The predicted octanol–water partition coefficient (Wildman–Crippen LogP) is 2.19. The first-order chi connectivity index (χ1) is 8.19. The summed E-state index contributed by atoms with van der Waals surface area (Å²) in [5, 5.41) is 0. The molecule has 0 aliphatic heterocycles. The van der Waals surface area contributed by atoms with E-state index in [0.717, 1.165) is 11.3 Å². The van der Waals surface area contributed by atoms with Gasteiger partial charge in [-0.3, -0.25) is 0 Å². The van der Waals surface area contributed by atoms with Crippen LogP contribution < -0.4 is 10.5 Å². The summed E-state index contributed by atoms with van der Waals surface area (Å²) in [5.41, 5.74) is 7.00. The van der Waals surface area contributed by atoms with E-state index >= 15 is 0 Å². The van der Waals surface area contributed by atoms with E-state index in [2.05, 4.69) is 4.98 Å². The molecule has 2 aromatic rings. The second-order valence-electron chi connectivity index (χ2n) is 3.65. The number of hydrogen-bond acceptors (Lipinski definition) is 4. The van der Waals surface area contributed by atoms with Crippen molar-refractivity contribution < 1.29 is 13.5 Å². The van der Waals surface area contributed by atoms with Gasteiger partial charge in [-0.25, -0.2) is 4.39 Å². The first-order valence-corrected chi connectivity index (χ1v) is 5.21. The number of hydrogen-bond donors (Lipinski definition) is 1. The van der Waals surface area contributed by atoms with E-state index in [1.165, 1.54) is 19.4 Å². The van der Waals surface area contributed by atoms with Gasteiger partial charge in [-0.15, -0.1) is 0 Å². The highest BCUT2D eigenvalue weighted by atomic mass is 19.1. The molecule has 4 nitrogen and oxygen atoms in total. The second kappa shape index (κ2) is 4.86. The first-order valence-electron chi connectivity index (χ1n) is 5.21. The normalized spacial score (nSPS) is 10.5. The molecule has 0 saturated carbocycles. The molecule has 0 unspecified atom stereocenters. The molecule has 90 valence electrons. The molecule has 1 heterocycles. The zero-order chi connectivity index (χ0) is 12.3. The Morgan fingerprint density at radius 1 is 1.41 bits per heavy atom. The van der Waals surface area contributed by atoms with Gasteiger partial charge in [0, 0.05) is 0 Å². The second-order valence-corrected chi connectivity index (χ2v) is 3.65. The Bertz CT molecular complexity index is 511. The van der Waals surface area contributed by atoms with Gasteiger partial charge in [0.25, 0.3) is 6.01 Å². The Morgan fingerprint density at radius 3 is 2.82 bits per heavy atom. The zero-order valence-corrected chi connectivity index (χ0v) is 9.44. The minimum absolute atomic E-state index is 0.154. The van der Waals surface area contributed by atoms with Crippen molar-refractivity contribution in [2.75, 3.05) is 12.8 Å². The fourth-order valence-corrected chi connectivity index (χ4v) is 1.58. The molecule has 0 fully saturated rings. The van der Waals surface area contributed by atoms with Crippen molar-refractivity contribution in [3.63, 3.8) is 0 Å². The van der Waals surface area contributed by atoms with Gasteiger partial charge in [0.15, 0.2) is 11.6 Å². The monoisotopic (exact) mass is 236 g/mol. The standard InChI is InChI=1S/C12H13FN2O2/c1-16-11-5-3-8(6-10(11)13)2-4-9-7-17-12(14)15-9/h3,5-7H,2,4H2,1H3,(H2,14,15). The molecule has 0 atom stereocenters. The van der Waals surface area contributed by atoms with Crippen molar-refractivity contribution in [3.05, 3.63) is 41.5 Å². The first kappa shape index (κ1) is 11.4. The van der Waals surface area contributed by atoms with Crippen LogP contribution in [0.15, 0.2) is 28.9 Å². The number of nitrogens with zero attached hydrogens (tertiary/aromatic N) is 1. The maximum Gasteiger partial charge on any atom is 0.292 e. The molecular formula is C12H13FN2O2. The fourth-order valence-electron chi connectivity index (χ4n) is 1.58. The molecule has 0 amide bonds. The summed E-state index contributed by atoms with van der Waals surface area (Å²) in [5.74, 6) is -0.107. The van der Waals surface area contributed by atoms with Gasteiger partial charge in [-0.1, -0.05) is 6.07 Å². The van der Waals surface area contributed by atoms with Crippen molar-refractivity contribution in [2.45, 2.75) is 12.8 Å². The zero-order valence-electron chi connectivity index (χ0n) is 9.44. The van der Waals surface area contributed by atoms with E-state index < -0.39 is 0 Å². The van der Waals surface area contributed by atoms with Crippen LogP contribution >= 0.6 is 0 Å². The van der Waals surface area contributed by atoms with Crippen LogP contribution in [0.4, 0.5) is 10.4 Å². The van der Waals surface area contributed by atoms with Crippen molar-refractivity contribution in [1.82, 2.24) is 4.98 Å². The third kappa shape index (κ3) is 2.75. The van der Waals surface area contributed by atoms with Crippen molar-refractivity contribution in [1.29, 1.82) is 0 Å². The van der Waals surface area contributed by atoms with Gasteiger partial charge in [0.1, 0.15) is 6.26 Å². The van der Waals surface area contributed by atoms with Gasteiger partial charge >= 0.3 is 0 Å². The highest BCUT2D eigenvalue weighted by molar-refractivity contribution is 5.29. The number of ether oxygens (including phenoxy) is 1. The van der Waals surface area contributed by atoms with Gasteiger partial charge in [0.05, 0.1) is 12.8 Å². The van der Waals surface area contributed by atoms with E-state index in [-0.39, 0.29) is 17.6 Å². The third-order valence-electron chi connectivity index (χ3n) is 2.46. The van der Waals surface area contributed by atoms with Crippen molar-refractivity contribution >= 4 is 6.01 Å². The summed E-state index contributed by atoms with van der Waals surface area (Å²) in [4.78, 5) is 3.97. The van der Waals surface area contributed by atoms with Gasteiger partial charge in [-0.05, 0) is 30.5 Å². The molecule has 0 spiro atoms. The molecule has 1 aromatic carbocycles. The van der Waals surface area contributed by atoms with Gasteiger partial charge < -0.3 is 14.9 Å². The molecule has 0 aliphatic rings. The fraction of sp³-hybridized carbons (Fsp3) is 0.250. The van der Waals surface area contributed by atoms with Crippen LogP contribution in [-0.4, -0.2) is 12.1 Å². The molecule has 0 saturated heterocycles. The molecule has 2 N–H and O–H groups in total. The van der Waals surface area contributed by atoms with Crippen LogP contribution in [0.1, 0.15) is 11.3 Å². The number of oxazole rings is 1. The Balaban J connectivity index is 2.02. The summed E-state index contributed by atoms with van der Waals surface area (Å²) >= 11 is 0. The molecule has 0 bridgehead atoms. The number of nitrogens with two attached hydrogens (primary N) is 1. The highest BCUT2D eigenvalue weighted by Crippen LogP contribution is 2.18. The Hall–Kier alpha value is -2.04. The molecule has 0 aliphatic carbocycles. The summed E-state index contributed by atoms with van der Waals surface area (Å²) in [7, 11) is 1.44. The van der Waals surface area contributed by atoms with Gasteiger partial charge in [-0.2, -0.15) is 4.98 Å². The summed E-state index contributed by atoms with van der Waals surface area (Å²) < 4.78 is 23.1. The topological polar surface area (TPSA) is 61.3 Å². The van der Waals surface area contributed by atoms with Crippen molar-refractivity contribution in [2.24, 2.45) is 0 Å². The van der Waals surface area contributed by atoms with Crippen molar-refractivity contribution in [3.8, 4) is 5.75 Å². The largest absolute Gasteiger partial charge is 0.494 e. The average molecular weight is 236 g/mol. The van der Waals surface area contributed by atoms with Crippen LogP contribution in [0, 0.1) is 5.82 Å². The van der Waals surface area contributed by atoms with Crippen LogP contribution in [0.5, 0.6) is 5.75 Å². The number of aromatic nitrogens is 1. The summed E-state index contributed by atoms with van der Waals surface area (Å²) in [6, 6.07) is 5.05. The predicted molar refractivity (Wildman–Crippen MR) is 61.3 cm³/mol. The minimum Gasteiger partial charge on any atom is -0.494 e. The van der Waals surface area contributed by atoms with E-state index in [4.69, 9.17) is 14.9 Å². The molecule has 0 radical (unpaired) electrons. The lowest BCUT2D eigenvalue weighted by atomic mass is 10.1. The van der Waals surface area contributed by atoms with E-state index in [0.29, 0.717) is 12.8 Å². The lowest BCUT2D eigenvalue weighted by Gasteiger charge is -2.04. The average Bonchev–Trinajstić information content (AvgIpc) is 2.73. The van der Waals surface area contributed by atoms with Crippen LogP contribution in [0.3, 0.4) is 0 Å². The van der Waals surface area contributed by atoms with Crippen LogP contribution in [0.2, 0.25) is 0 Å². The van der Waals surface area contributed by atoms with Gasteiger partial charge in [0.2, 0.25) is 0 Å². The Kier molecular flexibility index (Phi) is 3.27. The number of anilines is 1. The number of nitrogen functional groups attached to an aromatic ring is 1. The number of aryl methyl sites for hydroxylation is 2. The maximum absolute atomic E-state index is 13.4. The number of rotatable bonds is 4. The quantitative estimate of drug-likeness (QED) is 0.883. The summed E-state index contributed by atoms with van der Waals surface area (Å²) in [6.45, 7) is 0. The van der Waals surface area contributed by atoms with Crippen LogP contribution in [0.25, 0.3) is 0 Å². The molecule has 17 heavy (non-hydrogen) atoms. The lowest BCUT2D eigenvalue weighted by molar-refractivity contribution is 0.386. The SMILES string of the molecule is COc1ccc(CCc2coc(N)n2)cc1F. The molecular weight excluding hydrogens is 223 g/mol. The number of methoxy groups -OCH3 is 1. The Labute approximate surface area is 98.2 Å². The molecule has 1 aromatic heterocycles. The van der Waals surface area contributed by atoms with E-state index in [1.807, 2.05) is 6.07 Å². The summed E-state index contributed by atoms with van der Waals surface area (Å²) in [6.07, 6.45) is 2.84. The number of benzene rings is 1. The lowest BCUT2D eigenvalue weighted by Crippen LogP contribution is -1.95. The van der Waals surface area contributed by atoms with E-state index in [1.54, 1.807) is 6.07 Å².